The predicted molar refractivity (Wildman–Crippen MR) is 91.7 cm³/mol. The second-order valence-corrected chi connectivity index (χ2v) is 6.91. The first kappa shape index (κ1) is 15.8. The zero-order valence-electron chi connectivity index (χ0n) is 13.2. The summed E-state index contributed by atoms with van der Waals surface area (Å²) in [6.45, 7) is 11.3. The summed E-state index contributed by atoms with van der Waals surface area (Å²) in [5, 5.41) is 3.72. The number of halogens is 1. The molecule has 2 nitrogen and oxygen atoms in total. The monoisotopic (exact) mass is 338 g/mol. The number of anilines is 1. The van der Waals surface area contributed by atoms with Gasteiger partial charge in [0.2, 0.25) is 0 Å². The molecule has 1 aliphatic heterocycles. The van der Waals surface area contributed by atoms with Crippen molar-refractivity contribution in [2.45, 2.75) is 59.0 Å². The molecule has 1 N–H and O–H groups in total. The van der Waals surface area contributed by atoms with Crippen molar-refractivity contribution in [3.63, 3.8) is 0 Å². The Labute approximate surface area is 132 Å². The van der Waals surface area contributed by atoms with E-state index in [0.717, 1.165) is 13.1 Å². The predicted octanol–water partition coefficient (Wildman–Crippen LogP) is 4.42. The number of piperazine rings is 1. The molecule has 0 radical (unpaired) electrons. The number of hydrogen-bond donors (Lipinski definition) is 1. The van der Waals surface area contributed by atoms with Crippen molar-refractivity contribution in [2.75, 3.05) is 18.0 Å². The number of benzene rings is 1. The molecule has 0 bridgehead atoms. The van der Waals surface area contributed by atoms with E-state index in [4.69, 9.17) is 0 Å². The minimum Gasteiger partial charge on any atom is -0.365 e. The lowest BCUT2D eigenvalue weighted by atomic mass is 9.99. The summed E-state index contributed by atoms with van der Waals surface area (Å²) >= 11 is 3.61. The highest BCUT2D eigenvalue weighted by Crippen LogP contribution is 2.32. The van der Waals surface area contributed by atoms with Crippen LogP contribution in [-0.2, 0) is 0 Å². The molecular weight excluding hydrogens is 312 g/mol. The van der Waals surface area contributed by atoms with Gasteiger partial charge in [-0.1, -0.05) is 36.2 Å². The summed E-state index contributed by atoms with van der Waals surface area (Å²) in [6, 6.07) is 5.73. The molecular formula is C17H27BrN2. The van der Waals surface area contributed by atoms with Crippen LogP contribution < -0.4 is 10.2 Å². The summed E-state index contributed by atoms with van der Waals surface area (Å²) in [7, 11) is 0. The van der Waals surface area contributed by atoms with Crippen molar-refractivity contribution >= 4 is 21.6 Å². The van der Waals surface area contributed by atoms with Gasteiger partial charge in [-0.2, -0.15) is 0 Å². The highest BCUT2D eigenvalue weighted by Gasteiger charge is 2.28. The van der Waals surface area contributed by atoms with E-state index in [0.29, 0.717) is 12.1 Å². The number of nitrogens with one attached hydrogen (secondary N) is 1. The molecule has 112 valence electrons. The number of aryl methyl sites for hydroxylation is 2. The van der Waals surface area contributed by atoms with Crippen LogP contribution in [-0.4, -0.2) is 25.2 Å². The second kappa shape index (κ2) is 6.95. The maximum atomic E-state index is 3.72. The SMILES string of the molecule is CCCC1CN(c2c(C)cc(Br)cc2C)C(CC)CN1. The molecule has 0 spiro atoms. The first-order valence-electron chi connectivity index (χ1n) is 7.83. The molecule has 1 aromatic rings. The van der Waals surface area contributed by atoms with Crippen molar-refractivity contribution in [3.05, 3.63) is 27.7 Å². The largest absolute Gasteiger partial charge is 0.365 e. The highest BCUT2D eigenvalue weighted by molar-refractivity contribution is 9.10. The van der Waals surface area contributed by atoms with E-state index < -0.39 is 0 Å². The molecule has 0 aromatic heterocycles. The van der Waals surface area contributed by atoms with Crippen LogP contribution in [0.2, 0.25) is 0 Å². The molecule has 1 fully saturated rings. The standard InChI is InChI=1S/C17H27BrN2/c1-5-7-15-11-20(16(6-2)10-19-15)17-12(3)8-14(18)9-13(17)4/h8-9,15-16,19H,5-7,10-11H2,1-4H3. The van der Waals surface area contributed by atoms with Crippen LogP contribution in [0, 0.1) is 13.8 Å². The fourth-order valence-electron chi connectivity index (χ4n) is 3.40. The molecule has 1 saturated heterocycles. The molecule has 2 rings (SSSR count). The molecule has 20 heavy (non-hydrogen) atoms. The van der Waals surface area contributed by atoms with Crippen molar-refractivity contribution in [1.82, 2.24) is 5.32 Å². The summed E-state index contributed by atoms with van der Waals surface area (Å²) in [4.78, 5) is 2.65. The third-order valence-corrected chi connectivity index (χ3v) is 4.81. The molecule has 3 heteroatoms. The van der Waals surface area contributed by atoms with Crippen molar-refractivity contribution < 1.29 is 0 Å². The molecule has 1 aliphatic rings. The van der Waals surface area contributed by atoms with Gasteiger partial charge in [0.05, 0.1) is 0 Å². The van der Waals surface area contributed by atoms with Gasteiger partial charge in [0.15, 0.2) is 0 Å². The van der Waals surface area contributed by atoms with Crippen LogP contribution in [0.1, 0.15) is 44.2 Å². The second-order valence-electron chi connectivity index (χ2n) is 6.00. The Morgan fingerprint density at radius 2 is 1.90 bits per heavy atom. The Bertz CT molecular complexity index is 435. The maximum Gasteiger partial charge on any atom is 0.0429 e. The van der Waals surface area contributed by atoms with E-state index in [2.05, 4.69) is 66.0 Å². The minimum absolute atomic E-state index is 0.613. The Morgan fingerprint density at radius 3 is 2.45 bits per heavy atom. The molecule has 0 amide bonds. The normalized spacial score (nSPS) is 23.1. The fourth-order valence-corrected chi connectivity index (χ4v) is 4.09. The van der Waals surface area contributed by atoms with E-state index in [1.807, 2.05) is 0 Å². The Morgan fingerprint density at radius 1 is 1.25 bits per heavy atom. The smallest absolute Gasteiger partial charge is 0.0429 e. The quantitative estimate of drug-likeness (QED) is 0.873. The lowest BCUT2D eigenvalue weighted by molar-refractivity contribution is 0.368. The summed E-state index contributed by atoms with van der Waals surface area (Å²) < 4.78 is 1.18. The third-order valence-electron chi connectivity index (χ3n) is 4.35. The van der Waals surface area contributed by atoms with Crippen LogP contribution in [0.3, 0.4) is 0 Å². The summed E-state index contributed by atoms with van der Waals surface area (Å²) in [5.41, 5.74) is 4.21. The zero-order chi connectivity index (χ0) is 14.7. The van der Waals surface area contributed by atoms with E-state index in [-0.39, 0.29) is 0 Å². The van der Waals surface area contributed by atoms with Gasteiger partial charge in [-0.3, -0.25) is 0 Å². The van der Waals surface area contributed by atoms with Crippen molar-refractivity contribution in [3.8, 4) is 0 Å². The van der Waals surface area contributed by atoms with E-state index in [1.54, 1.807) is 0 Å². The lowest BCUT2D eigenvalue weighted by Crippen LogP contribution is -2.56. The summed E-state index contributed by atoms with van der Waals surface area (Å²) in [5.74, 6) is 0. The van der Waals surface area contributed by atoms with Crippen molar-refractivity contribution in [1.29, 1.82) is 0 Å². The number of rotatable bonds is 4. The lowest BCUT2D eigenvalue weighted by Gasteiger charge is -2.43. The number of hydrogen-bond acceptors (Lipinski definition) is 2. The van der Waals surface area contributed by atoms with Gasteiger partial charge in [0.1, 0.15) is 0 Å². The molecule has 1 aromatic carbocycles. The van der Waals surface area contributed by atoms with Crippen LogP contribution in [0.5, 0.6) is 0 Å². The topological polar surface area (TPSA) is 15.3 Å². The van der Waals surface area contributed by atoms with Crippen LogP contribution in [0.15, 0.2) is 16.6 Å². The molecule has 2 atom stereocenters. The molecule has 0 saturated carbocycles. The van der Waals surface area contributed by atoms with Gasteiger partial charge in [0.25, 0.3) is 0 Å². The number of nitrogens with zero attached hydrogens (tertiary/aromatic N) is 1. The summed E-state index contributed by atoms with van der Waals surface area (Å²) in [6.07, 6.45) is 3.71. The average molecular weight is 339 g/mol. The average Bonchev–Trinajstić information content (AvgIpc) is 2.38. The zero-order valence-corrected chi connectivity index (χ0v) is 14.8. The molecule has 2 unspecified atom stereocenters. The van der Waals surface area contributed by atoms with Gasteiger partial charge < -0.3 is 10.2 Å². The van der Waals surface area contributed by atoms with Crippen molar-refractivity contribution in [2.24, 2.45) is 0 Å². The van der Waals surface area contributed by atoms with Gasteiger partial charge in [-0.05, 0) is 49.9 Å². The van der Waals surface area contributed by atoms with Crippen LogP contribution >= 0.6 is 15.9 Å². The molecule has 0 aliphatic carbocycles. The Hall–Kier alpha value is -0.540. The van der Waals surface area contributed by atoms with E-state index in [1.165, 1.54) is 40.5 Å². The fraction of sp³-hybridized carbons (Fsp3) is 0.647. The Balaban J connectivity index is 2.31. The Kier molecular flexibility index (Phi) is 5.50. The van der Waals surface area contributed by atoms with Gasteiger partial charge in [0, 0.05) is 35.3 Å². The van der Waals surface area contributed by atoms with Crippen LogP contribution in [0.4, 0.5) is 5.69 Å². The minimum atomic E-state index is 0.613. The maximum absolute atomic E-state index is 3.72. The van der Waals surface area contributed by atoms with Crippen LogP contribution in [0.25, 0.3) is 0 Å². The van der Waals surface area contributed by atoms with E-state index >= 15 is 0 Å². The third kappa shape index (κ3) is 3.37. The van der Waals surface area contributed by atoms with Gasteiger partial charge >= 0.3 is 0 Å². The van der Waals surface area contributed by atoms with E-state index in [9.17, 15) is 0 Å². The van der Waals surface area contributed by atoms with Gasteiger partial charge in [-0.25, -0.2) is 0 Å². The first-order chi connectivity index (χ1) is 9.56. The highest BCUT2D eigenvalue weighted by atomic mass is 79.9. The first-order valence-corrected chi connectivity index (χ1v) is 8.62. The molecule has 1 heterocycles. The van der Waals surface area contributed by atoms with Gasteiger partial charge in [-0.15, -0.1) is 0 Å².